The molecule has 0 radical (unpaired) electrons. The van der Waals surface area contributed by atoms with Gasteiger partial charge in [0.05, 0.1) is 11.5 Å². The van der Waals surface area contributed by atoms with Crippen molar-refractivity contribution in [3.8, 4) is 6.07 Å². The van der Waals surface area contributed by atoms with Crippen LogP contribution in [0, 0.1) is 22.2 Å². The smallest absolute Gasteiger partial charge is 0.0683 e. The average molecular weight is 197 g/mol. The highest BCUT2D eigenvalue weighted by Crippen LogP contribution is 2.20. The van der Waals surface area contributed by atoms with Crippen molar-refractivity contribution in [3.05, 3.63) is 0 Å². The number of nitriles is 1. The second kappa shape index (κ2) is 6.87. The Hall–Kier alpha value is -0.510. The van der Waals surface area contributed by atoms with Gasteiger partial charge in [-0.1, -0.05) is 47.5 Å². The van der Waals surface area contributed by atoms with Gasteiger partial charge >= 0.3 is 0 Å². The normalized spacial score (nSPS) is 11.3. The second-order valence-corrected chi connectivity index (χ2v) is 6.10. The zero-order valence-corrected chi connectivity index (χ0v) is 11.1. The molecule has 14 heavy (non-hydrogen) atoms. The highest BCUT2D eigenvalue weighted by atomic mass is 14.3. The van der Waals surface area contributed by atoms with Gasteiger partial charge in [0.25, 0.3) is 0 Å². The number of hydrogen-bond acceptors (Lipinski definition) is 1. The van der Waals surface area contributed by atoms with Crippen molar-refractivity contribution >= 4 is 0 Å². The van der Waals surface area contributed by atoms with Crippen LogP contribution in [-0.2, 0) is 0 Å². The van der Waals surface area contributed by atoms with Crippen LogP contribution in [-0.4, -0.2) is 0 Å². The third-order valence-electron chi connectivity index (χ3n) is 1.46. The molecule has 84 valence electrons. The molecule has 0 saturated heterocycles. The molecular formula is C13H27N. The third-order valence-corrected chi connectivity index (χ3v) is 1.46. The lowest BCUT2D eigenvalue weighted by Crippen LogP contribution is -2.06. The zero-order valence-electron chi connectivity index (χ0n) is 11.1. The summed E-state index contributed by atoms with van der Waals surface area (Å²) in [6.07, 6.45) is 3.38. The maximum absolute atomic E-state index is 8.57. The molecule has 0 aromatic rings. The lowest BCUT2D eigenvalue weighted by Gasteiger charge is -2.12. The van der Waals surface area contributed by atoms with Crippen molar-refractivity contribution < 1.29 is 0 Å². The molecule has 0 spiro atoms. The molecule has 0 rings (SSSR count). The first kappa shape index (κ1) is 15.9. The van der Waals surface area contributed by atoms with Gasteiger partial charge in [-0.3, -0.25) is 0 Å². The van der Waals surface area contributed by atoms with Crippen molar-refractivity contribution in [1.29, 1.82) is 5.26 Å². The van der Waals surface area contributed by atoms with E-state index in [1.54, 1.807) is 0 Å². The maximum atomic E-state index is 8.57. The van der Waals surface area contributed by atoms with Gasteiger partial charge in [-0.15, -0.1) is 0 Å². The Balaban J connectivity index is 0. The van der Waals surface area contributed by atoms with Crippen molar-refractivity contribution in [2.45, 2.75) is 67.7 Å². The van der Waals surface area contributed by atoms with Crippen LogP contribution in [0.2, 0.25) is 0 Å². The fourth-order valence-corrected chi connectivity index (χ4v) is 0.675. The van der Waals surface area contributed by atoms with E-state index >= 15 is 0 Å². The summed E-state index contributed by atoms with van der Waals surface area (Å²) < 4.78 is 0. The maximum Gasteiger partial charge on any atom is 0.0683 e. The molecule has 0 unspecified atom stereocenters. The fraction of sp³-hybridized carbons (Fsp3) is 0.923. The second-order valence-electron chi connectivity index (χ2n) is 6.10. The van der Waals surface area contributed by atoms with Crippen LogP contribution < -0.4 is 0 Å². The van der Waals surface area contributed by atoms with Crippen molar-refractivity contribution in [2.75, 3.05) is 0 Å². The van der Waals surface area contributed by atoms with E-state index in [2.05, 4.69) is 40.7 Å². The van der Waals surface area contributed by atoms with Crippen molar-refractivity contribution in [2.24, 2.45) is 10.8 Å². The monoisotopic (exact) mass is 197 g/mol. The standard InChI is InChI=1S/C8H15N.C5H12/c1-4-5-6-8(2,3)7-9;1-5(2,3)4/h4-6H2,1-3H3;1-4H3. The Bertz CT molecular complexity index is 161. The molecule has 0 bridgehead atoms. The summed E-state index contributed by atoms with van der Waals surface area (Å²) in [6, 6.07) is 2.28. The molecule has 0 amide bonds. The van der Waals surface area contributed by atoms with Crippen LogP contribution in [0.15, 0.2) is 0 Å². The van der Waals surface area contributed by atoms with Gasteiger partial charge < -0.3 is 0 Å². The molecule has 0 aromatic heterocycles. The Morgan fingerprint density at radius 2 is 1.36 bits per heavy atom. The third kappa shape index (κ3) is 22.5. The first-order valence-corrected chi connectivity index (χ1v) is 5.53. The lowest BCUT2D eigenvalue weighted by molar-refractivity contribution is 0.432. The van der Waals surface area contributed by atoms with Crippen LogP contribution in [0.1, 0.15) is 67.7 Å². The molecule has 0 fully saturated rings. The predicted molar refractivity (Wildman–Crippen MR) is 64.0 cm³/mol. The van der Waals surface area contributed by atoms with Gasteiger partial charge in [0.1, 0.15) is 0 Å². The van der Waals surface area contributed by atoms with E-state index in [1.165, 1.54) is 12.8 Å². The van der Waals surface area contributed by atoms with Gasteiger partial charge in [0.15, 0.2) is 0 Å². The molecule has 1 heteroatoms. The first-order chi connectivity index (χ1) is 6.12. The van der Waals surface area contributed by atoms with E-state index < -0.39 is 0 Å². The summed E-state index contributed by atoms with van der Waals surface area (Å²) in [5.41, 5.74) is 0.399. The van der Waals surface area contributed by atoms with E-state index in [9.17, 15) is 0 Å². The van der Waals surface area contributed by atoms with Crippen LogP contribution >= 0.6 is 0 Å². The largest absolute Gasteiger partial charge is 0.198 e. The molecule has 0 saturated carbocycles. The lowest BCUT2D eigenvalue weighted by atomic mass is 9.89. The molecule has 0 heterocycles. The van der Waals surface area contributed by atoms with Crippen molar-refractivity contribution in [1.82, 2.24) is 0 Å². The summed E-state index contributed by atoms with van der Waals surface area (Å²) >= 11 is 0. The summed E-state index contributed by atoms with van der Waals surface area (Å²) in [6.45, 7) is 14.9. The minimum absolute atomic E-state index is 0.101. The average Bonchev–Trinajstić information content (AvgIpc) is 1.98. The van der Waals surface area contributed by atoms with E-state index in [4.69, 9.17) is 5.26 Å². The van der Waals surface area contributed by atoms with E-state index in [1.807, 2.05) is 13.8 Å². The number of hydrogen-bond donors (Lipinski definition) is 0. The van der Waals surface area contributed by atoms with Gasteiger partial charge in [0.2, 0.25) is 0 Å². The molecule has 0 aromatic carbocycles. The van der Waals surface area contributed by atoms with Crippen LogP contribution in [0.3, 0.4) is 0 Å². The highest BCUT2D eigenvalue weighted by molar-refractivity contribution is 4.90. The molecule has 1 nitrogen and oxygen atoms in total. The summed E-state index contributed by atoms with van der Waals surface area (Å²) in [5.74, 6) is 0. The van der Waals surface area contributed by atoms with Gasteiger partial charge in [-0.2, -0.15) is 5.26 Å². The van der Waals surface area contributed by atoms with Gasteiger partial charge in [-0.25, -0.2) is 0 Å². The first-order valence-electron chi connectivity index (χ1n) is 5.53. The minimum atomic E-state index is -0.101. The Morgan fingerprint density at radius 3 is 1.57 bits per heavy atom. The quantitative estimate of drug-likeness (QED) is 0.639. The molecule has 0 N–H and O–H groups in total. The number of rotatable bonds is 3. The fourth-order valence-electron chi connectivity index (χ4n) is 0.675. The molecule has 0 aliphatic carbocycles. The highest BCUT2D eigenvalue weighted by Gasteiger charge is 2.14. The van der Waals surface area contributed by atoms with Gasteiger partial charge in [-0.05, 0) is 25.7 Å². The van der Waals surface area contributed by atoms with E-state index in [0.29, 0.717) is 5.41 Å². The summed E-state index contributed by atoms with van der Waals surface area (Å²) in [7, 11) is 0. The molecule has 0 aliphatic rings. The Morgan fingerprint density at radius 1 is 1.00 bits per heavy atom. The molecule has 0 atom stereocenters. The van der Waals surface area contributed by atoms with Crippen LogP contribution in [0.25, 0.3) is 0 Å². The van der Waals surface area contributed by atoms with Crippen LogP contribution in [0.4, 0.5) is 0 Å². The number of unbranched alkanes of at least 4 members (excludes halogenated alkanes) is 1. The predicted octanol–water partition coefficient (Wildman–Crippen LogP) is 4.78. The Labute approximate surface area is 90.5 Å². The Kier molecular flexibility index (Phi) is 7.82. The summed E-state index contributed by atoms with van der Waals surface area (Å²) in [5, 5.41) is 8.57. The topological polar surface area (TPSA) is 23.8 Å². The molecular weight excluding hydrogens is 170 g/mol. The van der Waals surface area contributed by atoms with Gasteiger partial charge in [0, 0.05) is 0 Å². The van der Waals surface area contributed by atoms with E-state index in [0.717, 1.165) is 6.42 Å². The van der Waals surface area contributed by atoms with Crippen LogP contribution in [0.5, 0.6) is 0 Å². The number of nitrogens with zero attached hydrogens (tertiary/aromatic N) is 1. The zero-order chi connectivity index (χ0) is 11.8. The van der Waals surface area contributed by atoms with Crippen molar-refractivity contribution in [3.63, 3.8) is 0 Å². The van der Waals surface area contributed by atoms with E-state index in [-0.39, 0.29) is 5.41 Å². The minimum Gasteiger partial charge on any atom is -0.198 e. The molecule has 0 aliphatic heterocycles. The summed E-state index contributed by atoms with van der Waals surface area (Å²) in [4.78, 5) is 0. The SMILES string of the molecule is CC(C)(C)C.CCCCC(C)(C)C#N.